The first-order valence-electron chi connectivity index (χ1n) is 6.19. The first kappa shape index (κ1) is 12.4. The first-order valence-corrected chi connectivity index (χ1v) is 6.19. The molecule has 0 atom stereocenters. The van der Waals surface area contributed by atoms with Crippen molar-refractivity contribution in [2.75, 3.05) is 0 Å². The molecule has 0 saturated heterocycles. The molecule has 0 bridgehead atoms. The van der Waals surface area contributed by atoms with Gasteiger partial charge >= 0.3 is 0 Å². The molecule has 6 heteroatoms. The van der Waals surface area contributed by atoms with Gasteiger partial charge in [0.05, 0.1) is 0 Å². The number of hydrogen-bond acceptors (Lipinski definition) is 6. The van der Waals surface area contributed by atoms with Gasteiger partial charge in [0.15, 0.2) is 0 Å². The van der Waals surface area contributed by atoms with Crippen LogP contribution in [0.3, 0.4) is 0 Å². The summed E-state index contributed by atoms with van der Waals surface area (Å²) < 4.78 is 5.27. The quantitative estimate of drug-likeness (QED) is 0.780. The van der Waals surface area contributed by atoms with Gasteiger partial charge in [0, 0.05) is 18.3 Å². The van der Waals surface area contributed by atoms with Crippen molar-refractivity contribution < 1.29 is 4.52 Å². The van der Waals surface area contributed by atoms with Crippen molar-refractivity contribution in [3.05, 3.63) is 47.9 Å². The number of hydrogen-bond donors (Lipinski definition) is 1. The molecule has 0 saturated carbocycles. The topological polar surface area (TPSA) is 90.7 Å². The molecule has 0 radical (unpaired) electrons. The second kappa shape index (κ2) is 5.18. The van der Waals surface area contributed by atoms with E-state index in [4.69, 9.17) is 10.3 Å². The predicted molar refractivity (Wildman–Crippen MR) is 73.4 cm³/mol. The molecular formula is C14H13N5O. The van der Waals surface area contributed by atoms with Crippen LogP contribution in [0.5, 0.6) is 0 Å². The summed E-state index contributed by atoms with van der Waals surface area (Å²) in [7, 11) is 0. The van der Waals surface area contributed by atoms with Crippen molar-refractivity contribution in [1.29, 1.82) is 0 Å². The smallest absolute Gasteiger partial charge is 0.258 e. The van der Waals surface area contributed by atoms with Gasteiger partial charge in [-0.25, -0.2) is 9.97 Å². The summed E-state index contributed by atoms with van der Waals surface area (Å²) in [6, 6.07) is 9.44. The van der Waals surface area contributed by atoms with Gasteiger partial charge in [0.1, 0.15) is 11.5 Å². The molecule has 2 N–H and O–H groups in total. The fraction of sp³-hybridized carbons (Fsp3) is 0.143. The molecule has 20 heavy (non-hydrogen) atoms. The number of nitrogens with two attached hydrogens (primary N) is 1. The number of aromatic nitrogens is 4. The highest BCUT2D eigenvalue weighted by Crippen LogP contribution is 2.21. The fourth-order valence-corrected chi connectivity index (χ4v) is 1.81. The molecule has 0 aliphatic carbocycles. The van der Waals surface area contributed by atoms with Gasteiger partial charge in [-0.1, -0.05) is 17.3 Å². The van der Waals surface area contributed by atoms with E-state index in [0.717, 1.165) is 11.1 Å². The molecule has 0 unspecified atom stereocenters. The minimum atomic E-state index is 0.452. The Morgan fingerprint density at radius 2 is 1.90 bits per heavy atom. The van der Waals surface area contributed by atoms with Crippen molar-refractivity contribution in [2.24, 2.45) is 5.73 Å². The van der Waals surface area contributed by atoms with E-state index in [-0.39, 0.29) is 0 Å². The zero-order chi connectivity index (χ0) is 13.9. The van der Waals surface area contributed by atoms with Crippen LogP contribution in [0.4, 0.5) is 0 Å². The lowest BCUT2D eigenvalue weighted by molar-refractivity contribution is 0.432. The molecule has 3 aromatic rings. The van der Waals surface area contributed by atoms with Gasteiger partial charge in [-0.15, -0.1) is 0 Å². The number of aryl methyl sites for hydroxylation is 1. The second-order valence-corrected chi connectivity index (χ2v) is 4.31. The van der Waals surface area contributed by atoms with Crippen LogP contribution in [0.1, 0.15) is 11.4 Å². The molecule has 0 aliphatic rings. The Morgan fingerprint density at radius 3 is 2.60 bits per heavy atom. The van der Waals surface area contributed by atoms with Crippen LogP contribution in [0, 0.1) is 6.92 Å². The van der Waals surface area contributed by atoms with Crippen molar-refractivity contribution in [2.45, 2.75) is 13.5 Å². The van der Waals surface area contributed by atoms with Crippen molar-refractivity contribution in [1.82, 2.24) is 20.1 Å². The molecule has 2 aromatic heterocycles. The predicted octanol–water partition coefficient (Wildman–Crippen LogP) is 1.96. The maximum Gasteiger partial charge on any atom is 0.258 e. The monoisotopic (exact) mass is 267 g/mol. The standard InChI is InChI=1S/C14H13N5O/c1-9-16-7-6-12(17-9)13-18-14(20-19-13)11-4-2-10(8-15)3-5-11/h2-7H,8,15H2,1H3. The minimum absolute atomic E-state index is 0.452. The van der Waals surface area contributed by atoms with Crippen LogP contribution in [0.15, 0.2) is 41.1 Å². The molecule has 0 amide bonds. The van der Waals surface area contributed by atoms with E-state index in [1.54, 1.807) is 12.3 Å². The van der Waals surface area contributed by atoms with Gasteiger partial charge in [-0.3, -0.25) is 0 Å². The Hall–Kier alpha value is -2.60. The Morgan fingerprint density at radius 1 is 1.10 bits per heavy atom. The molecule has 2 heterocycles. The van der Waals surface area contributed by atoms with Crippen LogP contribution < -0.4 is 5.73 Å². The fourth-order valence-electron chi connectivity index (χ4n) is 1.81. The summed E-state index contributed by atoms with van der Waals surface area (Å²) >= 11 is 0. The average molecular weight is 267 g/mol. The molecular weight excluding hydrogens is 254 g/mol. The highest BCUT2D eigenvalue weighted by atomic mass is 16.5. The molecule has 0 spiro atoms. The van der Waals surface area contributed by atoms with Gasteiger partial charge in [-0.2, -0.15) is 4.98 Å². The molecule has 0 fully saturated rings. The van der Waals surface area contributed by atoms with E-state index in [9.17, 15) is 0 Å². The Balaban J connectivity index is 1.93. The van der Waals surface area contributed by atoms with Gasteiger partial charge in [-0.05, 0) is 30.7 Å². The van der Waals surface area contributed by atoms with E-state index in [2.05, 4.69) is 20.1 Å². The first-order chi connectivity index (χ1) is 9.76. The normalized spacial score (nSPS) is 10.7. The third-order valence-corrected chi connectivity index (χ3v) is 2.87. The summed E-state index contributed by atoms with van der Waals surface area (Å²) in [5, 5.41) is 3.95. The SMILES string of the molecule is Cc1nccc(-c2noc(-c3ccc(CN)cc3)n2)n1. The molecule has 6 nitrogen and oxygen atoms in total. The highest BCUT2D eigenvalue weighted by molar-refractivity contribution is 5.57. The maximum absolute atomic E-state index is 5.57. The van der Waals surface area contributed by atoms with E-state index in [0.29, 0.717) is 29.8 Å². The largest absolute Gasteiger partial charge is 0.334 e. The average Bonchev–Trinajstić information content (AvgIpc) is 2.97. The van der Waals surface area contributed by atoms with Crippen molar-refractivity contribution in [3.63, 3.8) is 0 Å². The summed E-state index contributed by atoms with van der Waals surface area (Å²) in [4.78, 5) is 12.7. The van der Waals surface area contributed by atoms with Crippen LogP contribution in [-0.2, 0) is 6.54 Å². The van der Waals surface area contributed by atoms with Gasteiger partial charge in [0.2, 0.25) is 5.82 Å². The lowest BCUT2D eigenvalue weighted by atomic mass is 10.1. The maximum atomic E-state index is 5.57. The van der Waals surface area contributed by atoms with Gasteiger partial charge in [0.25, 0.3) is 5.89 Å². The summed E-state index contributed by atoms with van der Waals surface area (Å²) in [5.74, 6) is 1.58. The molecule has 3 rings (SSSR count). The van der Waals surface area contributed by atoms with Crippen molar-refractivity contribution in [3.8, 4) is 23.0 Å². The Bertz CT molecular complexity index is 720. The minimum Gasteiger partial charge on any atom is -0.334 e. The second-order valence-electron chi connectivity index (χ2n) is 4.31. The van der Waals surface area contributed by atoms with E-state index in [1.807, 2.05) is 31.2 Å². The number of nitrogens with zero attached hydrogens (tertiary/aromatic N) is 4. The third-order valence-electron chi connectivity index (χ3n) is 2.87. The zero-order valence-electron chi connectivity index (χ0n) is 10.9. The summed E-state index contributed by atoms with van der Waals surface area (Å²) in [6.07, 6.45) is 1.67. The number of benzene rings is 1. The van der Waals surface area contributed by atoms with Crippen molar-refractivity contribution >= 4 is 0 Å². The van der Waals surface area contributed by atoms with E-state index >= 15 is 0 Å². The lowest BCUT2D eigenvalue weighted by Crippen LogP contribution is -1.95. The van der Waals surface area contributed by atoms with Crippen LogP contribution in [-0.4, -0.2) is 20.1 Å². The van der Waals surface area contributed by atoms with E-state index < -0.39 is 0 Å². The van der Waals surface area contributed by atoms with Crippen LogP contribution >= 0.6 is 0 Å². The highest BCUT2D eigenvalue weighted by Gasteiger charge is 2.11. The molecule has 0 aliphatic heterocycles. The summed E-state index contributed by atoms with van der Waals surface area (Å²) in [6.45, 7) is 2.33. The van der Waals surface area contributed by atoms with E-state index in [1.165, 1.54) is 0 Å². The van der Waals surface area contributed by atoms with Crippen LogP contribution in [0.25, 0.3) is 23.0 Å². The third kappa shape index (κ3) is 2.41. The Labute approximate surface area is 115 Å². The summed E-state index contributed by atoms with van der Waals surface area (Å²) in [5.41, 5.74) is 8.12. The zero-order valence-corrected chi connectivity index (χ0v) is 10.9. The lowest BCUT2D eigenvalue weighted by Gasteiger charge is -1.97. The number of rotatable bonds is 3. The molecule has 100 valence electrons. The van der Waals surface area contributed by atoms with Crippen LogP contribution in [0.2, 0.25) is 0 Å². The Kier molecular flexibility index (Phi) is 3.22. The van der Waals surface area contributed by atoms with Gasteiger partial charge < -0.3 is 10.3 Å². The molecule has 1 aromatic carbocycles.